The van der Waals surface area contributed by atoms with Crippen LogP contribution in [0.2, 0.25) is 0 Å². The first-order chi connectivity index (χ1) is 28.0. The number of methoxy groups -OCH3 is 1. The molecule has 60 heavy (non-hydrogen) atoms. The van der Waals surface area contributed by atoms with E-state index in [-0.39, 0.29) is 43.7 Å². The minimum atomic E-state index is -3.18. The Hall–Kier alpha value is -3.57. The number of rotatable bonds is 11. The Labute approximate surface area is 354 Å². The predicted octanol–water partition coefficient (Wildman–Crippen LogP) is 5.63. The van der Waals surface area contributed by atoms with E-state index in [1.807, 2.05) is 38.1 Å². The van der Waals surface area contributed by atoms with Crippen molar-refractivity contribution in [1.82, 2.24) is 24.3 Å². The number of ether oxygens (including phenoxy) is 5. The Morgan fingerprint density at radius 1 is 1.07 bits per heavy atom. The first-order valence-corrected chi connectivity index (χ1v) is 21.5. The van der Waals surface area contributed by atoms with Gasteiger partial charge in [-0.05, 0) is 99.4 Å². The SMILES string of the molecule is CC[C@H]1OC(=O)[C@@](C)(F)C(=O)[C@H](C)[C@@H](OC2O[C@H](C)C[C@H](N(C)C)[C@H]2O)[C@](C)(OC)C[C@@H](C)C(=O)[C@H](C)[C@H]2N(CCCC(C)(C)n3cnc4ncccc43)C(=O)O[C@]12CC. The van der Waals surface area contributed by atoms with Crippen molar-refractivity contribution in [1.29, 1.82) is 0 Å². The maximum Gasteiger partial charge on any atom is 0.410 e. The topological polar surface area (TPSA) is 172 Å². The number of nitrogens with zero attached hydrogens (tertiary/aromatic N) is 5. The largest absolute Gasteiger partial charge is 0.455 e. The maximum atomic E-state index is 17.0. The average molecular weight is 846 g/mol. The van der Waals surface area contributed by atoms with E-state index in [1.165, 1.54) is 14.0 Å². The van der Waals surface area contributed by atoms with Gasteiger partial charge in [0.05, 0.1) is 35.7 Å². The van der Waals surface area contributed by atoms with Gasteiger partial charge in [0.25, 0.3) is 5.67 Å². The number of amides is 1. The summed E-state index contributed by atoms with van der Waals surface area (Å²) in [5.74, 6) is -5.78. The van der Waals surface area contributed by atoms with Gasteiger partial charge in [-0.2, -0.15) is 0 Å². The van der Waals surface area contributed by atoms with Crippen molar-refractivity contribution >= 4 is 34.8 Å². The molecule has 0 aliphatic carbocycles. The number of aliphatic hydroxyl groups is 1. The fourth-order valence-electron chi connectivity index (χ4n) is 10.1. The van der Waals surface area contributed by atoms with E-state index < -0.39 is 88.7 Å². The molecule has 13 atom stereocenters. The number of esters is 1. The summed E-state index contributed by atoms with van der Waals surface area (Å²) in [6, 6.07) is 2.51. The lowest BCUT2D eigenvalue weighted by atomic mass is 9.72. The zero-order valence-corrected chi connectivity index (χ0v) is 37.8. The van der Waals surface area contributed by atoms with Crippen molar-refractivity contribution in [3.05, 3.63) is 24.7 Å². The van der Waals surface area contributed by atoms with Crippen LogP contribution in [-0.2, 0) is 43.6 Å². The van der Waals surface area contributed by atoms with Crippen molar-refractivity contribution in [3.63, 3.8) is 0 Å². The molecule has 2 aromatic rings. The molecule has 5 heterocycles. The third-order valence-corrected chi connectivity index (χ3v) is 13.7. The monoisotopic (exact) mass is 845 g/mol. The van der Waals surface area contributed by atoms with Crippen LogP contribution < -0.4 is 0 Å². The first-order valence-electron chi connectivity index (χ1n) is 21.5. The molecule has 3 aliphatic heterocycles. The standard InChI is InChI=1S/C44H68FN5O10/c1-14-31-44(15-2)34(49(40(55)60-44)21-17-19-41(7,8)50-24-47-37-29(50)18-16-20-46-37)27(5)32(51)25(3)23-42(9,56-13)36(28(6)35(53)43(10,45)39(54)58-31)59-38-33(52)30(48(11)12)22-26(4)57-38/h16,18,20,24-28,30-31,33-34,36,38,52H,14-15,17,19,21-23H2,1-13H3/t25-,26-,27+,28+,30+,31-,33-,34-,36-,38?,42-,43+,44-/m1/s1. The van der Waals surface area contributed by atoms with E-state index in [1.54, 1.807) is 52.0 Å². The highest BCUT2D eigenvalue weighted by Gasteiger charge is 2.63. The van der Waals surface area contributed by atoms with Crippen molar-refractivity contribution in [2.24, 2.45) is 17.8 Å². The molecule has 0 bridgehead atoms. The molecule has 0 saturated carbocycles. The molecule has 0 radical (unpaired) electrons. The van der Waals surface area contributed by atoms with E-state index in [0.717, 1.165) is 12.4 Å². The summed E-state index contributed by atoms with van der Waals surface area (Å²) in [7, 11) is 5.06. The zero-order valence-electron chi connectivity index (χ0n) is 37.8. The Morgan fingerprint density at radius 2 is 1.75 bits per heavy atom. The van der Waals surface area contributed by atoms with E-state index >= 15 is 4.39 Å². The summed E-state index contributed by atoms with van der Waals surface area (Å²) in [6.45, 7) is 17.1. The average Bonchev–Trinajstić information content (AvgIpc) is 3.77. The Kier molecular flexibility index (Phi) is 14.3. The van der Waals surface area contributed by atoms with Crippen molar-refractivity contribution in [2.45, 2.75) is 173 Å². The number of hydrogen-bond acceptors (Lipinski definition) is 13. The van der Waals surface area contributed by atoms with Gasteiger partial charge in [0.15, 0.2) is 23.3 Å². The highest BCUT2D eigenvalue weighted by Crippen LogP contribution is 2.45. The summed E-state index contributed by atoms with van der Waals surface area (Å²) in [5, 5.41) is 11.5. The number of pyridine rings is 1. The molecular formula is C44H68FN5O10. The van der Waals surface area contributed by atoms with E-state index in [4.69, 9.17) is 23.7 Å². The van der Waals surface area contributed by atoms with Crippen molar-refractivity contribution in [3.8, 4) is 0 Å². The number of alkyl halides is 1. The quantitative estimate of drug-likeness (QED) is 0.218. The van der Waals surface area contributed by atoms with Gasteiger partial charge >= 0.3 is 12.1 Å². The molecule has 336 valence electrons. The molecule has 2 aromatic heterocycles. The molecule has 1 amide bonds. The lowest BCUT2D eigenvalue weighted by Gasteiger charge is -2.47. The van der Waals surface area contributed by atoms with Crippen LogP contribution in [0.4, 0.5) is 9.18 Å². The van der Waals surface area contributed by atoms with Gasteiger partial charge in [-0.25, -0.2) is 23.9 Å². The summed E-state index contributed by atoms with van der Waals surface area (Å²) in [6.07, 6.45) is -0.675. The molecule has 16 heteroatoms. The maximum absolute atomic E-state index is 17.0. The van der Waals surface area contributed by atoms with Gasteiger partial charge in [0.2, 0.25) is 0 Å². The highest BCUT2D eigenvalue weighted by molar-refractivity contribution is 6.08. The third-order valence-electron chi connectivity index (χ3n) is 13.7. The van der Waals surface area contributed by atoms with Crippen LogP contribution in [0.5, 0.6) is 0 Å². The molecule has 0 aromatic carbocycles. The number of fused-ring (bicyclic) bond motifs is 2. The number of aromatic nitrogens is 3. The molecule has 3 aliphatic rings. The summed E-state index contributed by atoms with van der Waals surface area (Å²) < 4.78 is 50.1. The van der Waals surface area contributed by atoms with Gasteiger partial charge in [0, 0.05) is 49.2 Å². The number of Topliss-reactive ketones (excluding diaryl/α,β-unsaturated/α-hetero) is 2. The smallest absolute Gasteiger partial charge is 0.410 e. The Morgan fingerprint density at radius 3 is 2.37 bits per heavy atom. The number of halogens is 1. The van der Waals surface area contributed by atoms with Gasteiger partial charge in [-0.15, -0.1) is 0 Å². The van der Waals surface area contributed by atoms with Gasteiger partial charge < -0.3 is 43.2 Å². The molecule has 15 nitrogen and oxygen atoms in total. The van der Waals surface area contributed by atoms with Crippen LogP contribution in [0.3, 0.4) is 0 Å². The number of carbonyl (C=O) groups is 4. The molecule has 5 rings (SSSR count). The van der Waals surface area contributed by atoms with E-state index in [9.17, 15) is 24.3 Å². The first kappa shape index (κ1) is 47.5. The second kappa shape index (κ2) is 18.0. The Bertz CT molecular complexity index is 1870. The fraction of sp³-hybridized carbons (Fsp3) is 0.773. The number of aliphatic hydroxyl groups excluding tert-OH is 1. The summed E-state index contributed by atoms with van der Waals surface area (Å²) in [4.78, 5) is 69.7. The minimum absolute atomic E-state index is 0.00233. The second-order valence-corrected chi connectivity index (χ2v) is 18.6. The highest BCUT2D eigenvalue weighted by atomic mass is 19.1. The fourth-order valence-corrected chi connectivity index (χ4v) is 10.1. The molecule has 0 spiro atoms. The summed E-state index contributed by atoms with van der Waals surface area (Å²) in [5.41, 5.74) is -5.14. The van der Waals surface area contributed by atoms with Crippen LogP contribution in [0.15, 0.2) is 24.7 Å². The zero-order chi connectivity index (χ0) is 44.7. The number of ketones is 2. The normalized spacial score (nSPS) is 37.6. The Balaban J connectivity index is 1.54. The van der Waals surface area contributed by atoms with Crippen molar-refractivity contribution in [2.75, 3.05) is 27.7 Å². The second-order valence-electron chi connectivity index (χ2n) is 18.6. The molecule has 1 unspecified atom stereocenters. The van der Waals surface area contributed by atoms with Gasteiger partial charge in [0.1, 0.15) is 18.0 Å². The van der Waals surface area contributed by atoms with Gasteiger partial charge in [-0.1, -0.05) is 34.6 Å². The van der Waals surface area contributed by atoms with Crippen LogP contribution >= 0.6 is 0 Å². The molecule has 1 N–H and O–H groups in total. The minimum Gasteiger partial charge on any atom is -0.455 e. The molecular weight excluding hydrogens is 778 g/mol. The predicted molar refractivity (Wildman–Crippen MR) is 221 cm³/mol. The lowest BCUT2D eigenvalue weighted by Crippen LogP contribution is -2.62. The number of hydrogen-bond donors (Lipinski definition) is 1. The van der Waals surface area contributed by atoms with Crippen LogP contribution in [0, 0.1) is 17.8 Å². The van der Waals surface area contributed by atoms with Gasteiger partial charge in [-0.3, -0.25) is 9.59 Å². The molecule has 3 fully saturated rings. The van der Waals surface area contributed by atoms with Crippen LogP contribution in [-0.4, -0.2) is 140 Å². The number of carbonyl (C=O) groups excluding carboxylic acids is 4. The molecule has 3 saturated heterocycles. The van der Waals surface area contributed by atoms with Crippen LogP contribution in [0.1, 0.15) is 108 Å². The number of imidazole rings is 1. The third kappa shape index (κ3) is 8.73. The van der Waals surface area contributed by atoms with Crippen LogP contribution in [0.25, 0.3) is 11.2 Å². The van der Waals surface area contributed by atoms with E-state index in [0.29, 0.717) is 24.9 Å². The number of cyclic esters (lactones) is 1. The van der Waals surface area contributed by atoms with E-state index in [2.05, 4.69) is 28.4 Å². The van der Waals surface area contributed by atoms with Crippen molar-refractivity contribution < 1.29 is 52.4 Å². The summed E-state index contributed by atoms with van der Waals surface area (Å²) >= 11 is 0. The number of likely N-dealkylation sites (N-methyl/N-ethyl adjacent to an activating group) is 1. The lowest BCUT2D eigenvalue weighted by molar-refractivity contribution is -0.295.